The van der Waals surface area contributed by atoms with Crippen LogP contribution in [0.4, 0.5) is 9.59 Å². The van der Waals surface area contributed by atoms with Crippen molar-refractivity contribution in [1.29, 1.82) is 0 Å². The second-order valence-electron chi connectivity index (χ2n) is 7.89. The molecular weight excluding hydrogens is 500 g/mol. The lowest BCUT2D eigenvalue weighted by molar-refractivity contribution is -0.120. The maximum absolute atomic E-state index is 13.2. The molecule has 0 unspecified atom stereocenters. The number of nitrogens with zero attached hydrogens (tertiary/aromatic N) is 1. The SMILES string of the molecule is O=C[C@]1(N(NC(=O)OCc2ccccc2)C(=O)OCc2ccccc2)CCc2cc(Br)ccc21. The summed E-state index contributed by atoms with van der Waals surface area (Å²) in [7, 11) is 0. The van der Waals surface area contributed by atoms with Crippen LogP contribution in [-0.2, 0) is 39.4 Å². The summed E-state index contributed by atoms with van der Waals surface area (Å²) < 4.78 is 11.6. The number of aldehydes is 1. The molecule has 174 valence electrons. The number of fused-ring (bicyclic) bond motifs is 1. The van der Waals surface area contributed by atoms with E-state index >= 15 is 0 Å². The Hall–Kier alpha value is -3.65. The minimum atomic E-state index is -1.42. The fourth-order valence-corrected chi connectivity index (χ4v) is 4.41. The molecule has 0 spiro atoms. The Labute approximate surface area is 205 Å². The Balaban J connectivity index is 1.57. The van der Waals surface area contributed by atoms with Gasteiger partial charge in [-0.3, -0.25) is 0 Å². The van der Waals surface area contributed by atoms with Crippen molar-refractivity contribution in [3.63, 3.8) is 0 Å². The highest BCUT2D eigenvalue weighted by Gasteiger charge is 2.48. The minimum absolute atomic E-state index is 0.0111. The molecule has 0 heterocycles. The Morgan fingerprint density at radius 2 is 1.56 bits per heavy atom. The minimum Gasteiger partial charge on any atom is -0.443 e. The number of carbonyl (C=O) groups is 3. The first-order valence-electron chi connectivity index (χ1n) is 10.8. The van der Waals surface area contributed by atoms with Crippen LogP contribution in [0.15, 0.2) is 83.3 Å². The van der Waals surface area contributed by atoms with Gasteiger partial charge in [0.15, 0.2) is 6.29 Å². The van der Waals surface area contributed by atoms with E-state index in [0.717, 1.165) is 26.2 Å². The van der Waals surface area contributed by atoms with E-state index in [4.69, 9.17) is 9.47 Å². The first kappa shape index (κ1) is 23.5. The van der Waals surface area contributed by atoms with Crippen LogP contribution >= 0.6 is 15.9 Å². The second kappa shape index (κ2) is 10.5. The monoisotopic (exact) mass is 522 g/mol. The molecule has 0 fully saturated rings. The highest BCUT2D eigenvalue weighted by molar-refractivity contribution is 9.10. The van der Waals surface area contributed by atoms with E-state index in [-0.39, 0.29) is 13.2 Å². The molecule has 8 heteroatoms. The Bertz CT molecular complexity index is 1170. The maximum Gasteiger partial charge on any atom is 0.430 e. The molecule has 3 aromatic rings. The van der Waals surface area contributed by atoms with Crippen LogP contribution in [0, 0.1) is 0 Å². The molecule has 7 nitrogen and oxygen atoms in total. The van der Waals surface area contributed by atoms with Crippen LogP contribution in [0.5, 0.6) is 0 Å². The van der Waals surface area contributed by atoms with Gasteiger partial charge in [-0.1, -0.05) is 82.7 Å². The maximum atomic E-state index is 13.2. The van der Waals surface area contributed by atoms with Gasteiger partial charge in [-0.05, 0) is 47.2 Å². The van der Waals surface area contributed by atoms with E-state index in [9.17, 15) is 14.4 Å². The molecular formula is C26H23BrN2O5. The lowest BCUT2D eigenvalue weighted by Gasteiger charge is -2.36. The summed E-state index contributed by atoms with van der Waals surface area (Å²) >= 11 is 3.44. The summed E-state index contributed by atoms with van der Waals surface area (Å²) in [5.41, 5.74) is 4.15. The van der Waals surface area contributed by atoms with Gasteiger partial charge in [0.05, 0.1) is 0 Å². The lowest BCUT2D eigenvalue weighted by Crippen LogP contribution is -2.58. The normalized spacial score (nSPS) is 16.3. The molecule has 1 atom stereocenters. The zero-order valence-corrected chi connectivity index (χ0v) is 19.9. The molecule has 2 amide bonds. The summed E-state index contributed by atoms with van der Waals surface area (Å²) in [6.07, 6.45) is -0.206. The fraction of sp³-hybridized carbons (Fsp3) is 0.192. The molecule has 0 aromatic heterocycles. The zero-order chi connectivity index (χ0) is 24.0. The molecule has 1 aliphatic rings. The number of amides is 2. The van der Waals surface area contributed by atoms with Gasteiger partial charge in [0.2, 0.25) is 0 Å². The summed E-state index contributed by atoms with van der Waals surface area (Å²) in [4.78, 5) is 38.4. The lowest BCUT2D eigenvalue weighted by atomic mass is 9.93. The number of nitrogens with one attached hydrogen (secondary N) is 1. The first-order valence-corrected chi connectivity index (χ1v) is 11.5. The number of halogens is 1. The average molecular weight is 523 g/mol. The molecule has 0 bridgehead atoms. The van der Waals surface area contributed by atoms with Gasteiger partial charge >= 0.3 is 12.2 Å². The number of aryl methyl sites for hydroxylation is 1. The van der Waals surface area contributed by atoms with Crippen molar-refractivity contribution in [2.45, 2.75) is 31.6 Å². The van der Waals surface area contributed by atoms with Gasteiger partial charge < -0.3 is 14.3 Å². The molecule has 0 saturated heterocycles. The van der Waals surface area contributed by atoms with Crippen LogP contribution in [0.25, 0.3) is 0 Å². The number of rotatable bonds is 6. The van der Waals surface area contributed by atoms with Crippen molar-refractivity contribution in [2.75, 3.05) is 0 Å². The van der Waals surface area contributed by atoms with Crippen molar-refractivity contribution in [3.05, 3.63) is 106 Å². The van der Waals surface area contributed by atoms with E-state index in [2.05, 4.69) is 21.4 Å². The summed E-state index contributed by atoms with van der Waals surface area (Å²) in [6.45, 7) is -0.00372. The van der Waals surface area contributed by atoms with E-state index in [1.807, 2.05) is 66.7 Å². The van der Waals surface area contributed by atoms with Gasteiger partial charge in [-0.2, -0.15) is 5.01 Å². The Kier molecular flexibility index (Phi) is 7.27. The van der Waals surface area contributed by atoms with Crippen LogP contribution in [0.2, 0.25) is 0 Å². The average Bonchev–Trinajstić information content (AvgIpc) is 3.24. The van der Waals surface area contributed by atoms with Crippen molar-refractivity contribution in [1.82, 2.24) is 10.4 Å². The number of ether oxygens (including phenoxy) is 2. The number of hydrazine groups is 1. The third-order valence-corrected chi connectivity index (χ3v) is 6.20. The number of benzene rings is 3. The van der Waals surface area contributed by atoms with Gasteiger partial charge in [0, 0.05) is 4.47 Å². The van der Waals surface area contributed by atoms with Crippen LogP contribution < -0.4 is 5.43 Å². The molecule has 34 heavy (non-hydrogen) atoms. The topological polar surface area (TPSA) is 84.9 Å². The third-order valence-electron chi connectivity index (χ3n) is 5.71. The van der Waals surface area contributed by atoms with Crippen molar-refractivity contribution in [2.24, 2.45) is 0 Å². The molecule has 0 saturated carbocycles. The number of hydrogen-bond acceptors (Lipinski definition) is 5. The second-order valence-corrected chi connectivity index (χ2v) is 8.81. The van der Waals surface area contributed by atoms with Gasteiger partial charge in [-0.25, -0.2) is 15.0 Å². The van der Waals surface area contributed by atoms with Crippen LogP contribution in [0.3, 0.4) is 0 Å². The highest BCUT2D eigenvalue weighted by atomic mass is 79.9. The third kappa shape index (κ3) is 5.12. The summed E-state index contributed by atoms with van der Waals surface area (Å²) in [6, 6.07) is 23.8. The van der Waals surface area contributed by atoms with Crippen molar-refractivity contribution >= 4 is 34.4 Å². The zero-order valence-electron chi connectivity index (χ0n) is 18.3. The molecule has 1 aliphatic carbocycles. The van der Waals surface area contributed by atoms with E-state index in [1.165, 1.54) is 0 Å². The molecule has 1 N–H and O–H groups in total. The Morgan fingerprint density at radius 3 is 2.18 bits per heavy atom. The predicted octanol–water partition coefficient (Wildman–Crippen LogP) is 5.27. The summed E-state index contributed by atoms with van der Waals surface area (Å²) in [5.74, 6) is 0. The number of carbonyl (C=O) groups excluding carboxylic acids is 3. The van der Waals surface area contributed by atoms with Gasteiger partial charge in [-0.15, -0.1) is 0 Å². The van der Waals surface area contributed by atoms with E-state index in [0.29, 0.717) is 24.7 Å². The van der Waals surface area contributed by atoms with Gasteiger partial charge in [0.1, 0.15) is 18.8 Å². The fourth-order valence-electron chi connectivity index (χ4n) is 4.00. The van der Waals surface area contributed by atoms with E-state index < -0.39 is 17.7 Å². The molecule has 4 rings (SSSR count). The molecule has 0 aliphatic heterocycles. The van der Waals surface area contributed by atoms with Crippen LogP contribution in [-0.4, -0.2) is 23.5 Å². The first-order chi connectivity index (χ1) is 16.5. The molecule has 0 radical (unpaired) electrons. The standard InChI is InChI=1S/C26H23BrN2O5/c27-22-11-12-23-21(15-22)13-14-26(23,18-30)29(25(32)34-17-20-9-5-2-6-10-20)28-24(31)33-16-19-7-3-1-4-8-19/h1-12,15,18H,13-14,16-17H2,(H,28,31)/t26-/m1/s1. The Morgan fingerprint density at radius 1 is 0.941 bits per heavy atom. The predicted molar refractivity (Wildman–Crippen MR) is 128 cm³/mol. The highest BCUT2D eigenvalue weighted by Crippen LogP contribution is 2.41. The van der Waals surface area contributed by atoms with E-state index in [1.54, 1.807) is 12.1 Å². The molecule has 3 aromatic carbocycles. The largest absolute Gasteiger partial charge is 0.443 e. The quantitative estimate of drug-likeness (QED) is 0.352. The number of hydrogen-bond donors (Lipinski definition) is 1. The summed E-state index contributed by atoms with van der Waals surface area (Å²) in [5, 5.41) is 0.954. The van der Waals surface area contributed by atoms with Crippen LogP contribution in [0.1, 0.15) is 28.7 Å². The smallest absolute Gasteiger partial charge is 0.430 e. The van der Waals surface area contributed by atoms with Crippen molar-refractivity contribution in [3.8, 4) is 0 Å². The van der Waals surface area contributed by atoms with Gasteiger partial charge in [0.25, 0.3) is 0 Å². The van der Waals surface area contributed by atoms with Crippen molar-refractivity contribution < 1.29 is 23.9 Å².